The molecule has 0 amide bonds. The summed E-state index contributed by atoms with van der Waals surface area (Å²) in [7, 11) is -3.62. The van der Waals surface area contributed by atoms with Gasteiger partial charge in [-0.15, -0.1) is 0 Å². The van der Waals surface area contributed by atoms with Crippen LogP contribution in [0, 0.1) is 0 Å². The molecule has 3 rings (SSSR count). The van der Waals surface area contributed by atoms with Gasteiger partial charge in [0.05, 0.1) is 24.1 Å². The van der Waals surface area contributed by atoms with E-state index in [1.165, 1.54) is 18.5 Å². The van der Waals surface area contributed by atoms with E-state index in [1.807, 2.05) is 4.68 Å². The highest BCUT2D eigenvalue weighted by atomic mass is 32.2. The zero-order valence-corrected chi connectivity index (χ0v) is 11.6. The third-order valence-electron chi connectivity index (χ3n) is 3.30. The molecule has 0 atom stereocenters. The molecule has 1 saturated heterocycles. The summed E-state index contributed by atoms with van der Waals surface area (Å²) in [6.45, 7) is 1.92. The van der Waals surface area contributed by atoms with Gasteiger partial charge in [0, 0.05) is 6.20 Å². The summed E-state index contributed by atoms with van der Waals surface area (Å²) in [5.41, 5.74) is 0.457. The minimum atomic E-state index is -3.62. The molecule has 2 aromatic heterocycles. The van der Waals surface area contributed by atoms with Gasteiger partial charge in [-0.25, -0.2) is 0 Å². The van der Waals surface area contributed by atoms with Crippen LogP contribution in [0.5, 0.6) is 0 Å². The lowest BCUT2D eigenvalue weighted by Crippen LogP contribution is -2.29. The van der Waals surface area contributed by atoms with Gasteiger partial charge >= 0.3 is 0 Å². The number of hydrogen-bond donors (Lipinski definition) is 3. The highest BCUT2D eigenvalue weighted by Crippen LogP contribution is 2.20. The Bertz CT molecular complexity index is 657. The molecule has 1 fully saturated rings. The van der Waals surface area contributed by atoms with Gasteiger partial charge in [-0.05, 0) is 32.0 Å². The largest absolute Gasteiger partial charge is 0.317 e. The van der Waals surface area contributed by atoms with Crippen LogP contribution in [0.2, 0.25) is 0 Å². The van der Waals surface area contributed by atoms with E-state index in [4.69, 9.17) is 0 Å². The Kier molecular flexibility index (Phi) is 3.45. The van der Waals surface area contributed by atoms with Crippen molar-refractivity contribution in [1.82, 2.24) is 25.3 Å². The number of nitrogens with one attached hydrogen (secondary N) is 3. The van der Waals surface area contributed by atoms with Crippen molar-refractivity contribution in [2.75, 3.05) is 17.8 Å². The quantitative estimate of drug-likeness (QED) is 0.754. The number of sulfonamides is 1. The first-order valence-corrected chi connectivity index (χ1v) is 7.90. The number of H-pyrrole nitrogens is 1. The lowest BCUT2D eigenvalue weighted by Gasteiger charge is -2.22. The van der Waals surface area contributed by atoms with E-state index in [2.05, 4.69) is 25.3 Å². The minimum Gasteiger partial charge on any atom is -0.317 e. The molecule has 8 nitrogen and oxygen atoms in total. The van der Waals surface area contributed by atoms with Crippen LogP contribution in [0.3, 0.4) is 0 Å². The number of piperidine rings is 1. The van der Waals surface area contributed by atoms with E-state index in [0.717, 1.165) is 25.9 Å². The maximum Gasteiger partial charge on any atom is 0.278 e. The van der Waals surface area contributed by atoms with Crippen molar-refractivity contribution in [3.63, 3.8) is 0 Å². The highest BCUT2D eigenvalue weighted by Gasteiger charge is 2.19. The lowest BCUT2D eigenvalue weighted by molar-refractivity contribution is 0.343. The fraction of sp³-hybridized carbons (Fsp3) is 0.455. The zero-order valence-electron chi connectivity index (χ0n) is 10.8. The van der Waals surface area contributed by atoms with Crippen LogP contribution in [-0.2, 0) is 10.0 Å². The van der Waals surface area contributed by atoms with Crippen LogP contribution in [0.15, 0.2) is 29.7 Å². The van der Waals surface area contributed by atoms with Gasteiger partial charge in [0.1, 0.15) is 0 Å². The Morgan fingerprint density at radius 2 is 2.15 bits per heavy atom. The summed E-state index contributed by atoms with van der Waals surface area (Å²) >= 11 is 0. The van der Waals surface area contributed by atoms with Gasteiger partial charge in [0.25, 0.3) is 10.0 Å². The number of anilines is 1. The molecule has 0 radical (unpaired) electrons. The van der Waals surface area contributed by atoms with Gasteiger partial charge in [-0.1, -0.05) is 0 Å². The summed E-state index contributed by atoms with van der Waals surface area (Å²) in [4.78, 5) is 0. The fourth-order valence-corrected chi connectivity index (χ4v) is 3.20. The molecule has 9 heteroatoms. The average Bonchev–Trinajstić information content (AvgIpc) is 3.10. The third-order valence-corrected chi connectivity index (χ3v) is 4.61. The molecule has 3 heterocycles. The van der Waals surface area contributed by atoms with E-state index in [9.17, 15) is 8.42 Å². The molecule has 0 aromatic carbocycles. The summed E-state index contributed by atoms with van der Waals surface area (Å²) in [5.74, 6) is 0. The van der Waals surface area contributed by atoms with Crippen molar-refractivity contribution in [2.45, 2.75) is 23.9 Å². The molecule has 0 saturated carbocycles. The molecular formula is C11H16N6O2S. The Hall–Kier alpha value is -1.87. The predicted molar refractivity (Wildman–Crippen MR) is 72.8 cm³/mol. The van der Waals surface area contributed by atoms with E-state index in [-0.39, 0.29) is 5.03 Å². The van der Waals surface area contributed by atoms with Gasteiger partial charge in [-0.2, -0.15) is 18.6 Å². The number of aromatic nitrogens is 4. The summed E-state index contributed by atoms with van der Waals surface area (Å²) in [6.07, 6.45) is 6.63. The van der Waals surface area contributed by atoms with Crippen molar-refractivity contribution >= 4 is 15.7 Å². The molecule has 0 aliphatic carbocycles. The first-order valence-electron chi connectivity index (χ1n) is 6.42. The van der Waals surface area contributed by atoms with Crippen LogP contribution < -0.4 is 10.0 Å². The fourth-order valence-electron chi connectivity index (χ4n) is 2.26. The molecule has 3 N–H and O–H groups in total. The van der Waals surface area contributed by atoms with E-state index < -0.39 is 10.0 Å². The van der Waals surface area contributed by atoms with Crippen molar-refractivity contribution in [2.24, 2.45) is 0 Å². The van der Waals surface area contributed by atoms with Gasteiger partial charge in [0.2, 0.25) is 0 Å². The number of aromatic amines is 1. The number of hydrogen-bond acceptors (Lipinski definition) is 5. The molecule has 2 aromatic rings. The Labute approximate surface area is 116 Å². The maximum absolute atomic E-state index is 12.0. The standard InChI is InChI=1S/C11H16N6O2S/c18-20(19,11-3-6-13-15-11)16-9-7-14-17(8-9)10-1-4-12-5-2-10/h3,6-8,10,12,16H,1-2,4-5H2,(H,13,15). The van der Waals surface area contributed by atoms with Gasteiger partial charge in [0.15, 0.2) is 5.03 Å². The molecule has 1 aliphatic heterocycles. The monoisotopic (exact) mass is 296 g/mol. The van der Waals surface area contributed by atoms with Crippen LogP contribution in [-0.4, -0.2) is 41.5 Å². The maximum atomic E-state index is 12.0. The van der Waals surface area contributed by atoms with Crippen molar-refractivity contribution < 1.29 is 8.42 Å². The first kappa shape index (κ1) is 13.1. The second kappa shape index (κ2) is 5.25. The molecule has 20 heavy (non-hydrogen) atoms. The zero-order chi connectivity index (χ0) is 14.0. The van der Waals surface area contributed by atoms with Crippen LogP contribution in [0.1, 0.15) is 18.9 Å². The molecule has 1 aliphatic rings. The van der Waals surface area contributed by atoms with E-state index >= 15 is 0 Å². The lowest BCUT2D eigenvalue weighted by atomic mass is 10.1. The molecule has 0 spiro atoms. The summed E-state index contributed by atoms with van der Waals surface area (Å²) < 4.78 is 28.3. The van der Waals surface area contributed by atoms with E-state index in [1.54, 1.807) is 6.20 Å². The van der Waals surface area contributed by atoms with Crippen LogP contribution >= 0.6 is 0 Å². The second-order valence-corrected chi connectivity index (χ2v) is 6.37. The Morgan fingerprint density at radius 1 is 1.35 bits per heavy atom. The third kappa shape index (κ3) is 2.68. The van der Waals surface area contributed by atoms with Gasteiger partial charge < -0.3 is 5.32 Å². The van der Waals surface area contributed by atoms with Crippen molar-refractivity contribution in [3.05, 3.63) is 24.7 Å². The number of rotatable bonds is 4. The smallest absolute Gasteiger partial charge is 0.278 e. The predicted octanol–water partition coefficient (Wildman–Crippen LogP) is 0.331. The van der Waals surface area contributed by atoms with Crippen LogP contribution in [0.4, 0.5) is 5.69 Å². The second-order valence-electron chi connectivity index (χ2n) is 4.72. The summed E-state index contributed by atoms with van der Waals surface area (Å²) in [6, 6.07) is 1.72. The average molecular weight is 296 g/mol. The van der Waals surface area contributed by atoms with E-state index in [0.29, 0.717) is 11.7 Å². The molecule has 0 unspecified atom stereocenters. The summed E-state index contributed by atoms with van der Waals surface area (Å²) in [5, 5.41) is 13.6. The Morgan fingerprint density at radius 3 is 2.85 bits per heavy atom. The highest BCUT2D eigenvalue weighted by molar-refractivity contribution is 7.92. The number of nitrogens with zero attached hydrogens (tertiary/aromatic N) is 3. The molecule has 0 bridgehead atoms. The van der Waals surface area contributed by atoms with Gasteiger partial charge in [-0.3, -0.25) is 14.5 Å². The SMILES string of the molecule is O=S(=O)(Nc1cnn(C2CCNCC2)c1)c1ccn[nH]1. The first-order chi connectivity index (χ1) is 9.65. The Balaban J connectivity index is 1.74. The van der Waals surface area contributed by atoms with Crippen molar-refractivity contribution in [3.8, 4) is 0 Å². The van der Waals surface area contributed by atoms with Crippen LogP contribution in [0.25, 0.3) is 0 Å². The molecule has 108 valence electrons. The minimum absolute atomic E-state index is 0.0344. The molecular weight excluding hydrogens is 280 g/mol. The van der Waals surface area contributed by atoms with Crippen molar-refractivity contribution in [1.29, 1.82) is 0 Å². The topological polar surface area (TPSA) is 105 Å². The normalized spacial score (nSPS) is 17.2.